The van der Waals surface area contributed by atoms with E-state index in [-0.39, 0.29) is 48.4 Å². The summed E-state index contributed by atoms with van der Waals surface area (Å²) in [5.74, 6) is -0.599. The second-order valence-corrected chi connectivity index (χ2v) is 6.01. The summed E-state index contributed by atoms with van der Waals surface area (Å²) in [4.78, 5) is 23.5. The lowest BCUT2D eigenvalue weighted by molar-refractivity contribution is -0.902. The Bertz CT molecular complexity index is 435. The molecule has 0 aromatic heterocycles. The molecule has 0 bridgehead atoms. The second-order valence-electron chi connectivity index (χ2n) is 6.01. The molecule has 0 spiro atoms. The molecule has 1 atom stereocenters. The highest BCUT2D eigenvalue weighted by molar-refractivity contribution is 5.89. The third-order valence-corrected chi connectivity index (χ3v) is 3.99. The normalized spacial score (nSPS) is 24.2. The molecule has 1 aliphatic rings. The Morgan fingerprint density at radius 1 is 1.25 bits per heavy atom. The lowest BCUT2D eigenvalue weighted by Gasteiger charge is -2.42. The molecular weight excluding hydrogens is 262 g/mol. The lowest BCUT2D eigenvalue weighted by atomic mass is 10.0. The fourth-order valence-electron chi connectivity index (χ4n) is 2.59. The van der Waals surface area contributed by atoms with Crippen LogP contribution in [-0.4, -0.2) is 52.0 Å². The second kappa shape index (κ2) is 5.83. The van der Waals surface area contributed by atoms with Gasteiger partial charge in [-0.15, -0.1) is 0 Å². The van der Waals surface area contributed by atoms with Crippen LogP contribution in [0, 0.1) is 0 Å². The van der Waals surface area contributed by atoms with E-state index in [1.165, 1.54) is 0 Å². The van der Waals surface area contributed by atoms with Gasteiger partial charge in [-0.1, -0.05) is 0 Å². The van der Waals surface area contributed by atoms with Crippen molar-refractivity contribution < 1.29 is 29.0 Å². The Labute approximate surface area is 119 Å². The van der Waals surface area contributed by atoms with Crippen molar-refractivity contribution >= 4 is 12.1 Å². The van der Waals surface area contributed by atoms with Crippen LogP contribution in [0.25, 0.3) is 0 Å². The molecule has 0 saturated carbocycles. The van der Waals surface area contributed by atoms with Gasteiger partial charge in [0.25, 0.3) is 0 Å². The molecule has 1 aliphatic heterocycles. The molecular formula is C14H24NO5+. The van der Waals surface area contributed by atoms with Crippen molar-refractivity contribution in [2.75, 3.05) is 19.7 Å². The number of hydrogen-bond donors (Lipinski definition) is 2. The van der Waals surface area contributed by atoms with Gasteiger partial charge in [0.1, 0.15) is 11.3 Å². The molecule has 0 aromatic rings. The molecule has 114 valence electrons. The van der Waals surface area contributed by atoms with Crippen LogP contribution < -0.4 is 0 Å². The van der Waals surface area contributed by atoms with Gasteiger partial charge in [0.15, 0.2) is 0 Å². The van der Waals surface area contributed by atoms with Crippen molar-refractivity contribution in [3.8, 4) is 0 Å². The number of carbonyl (C=O) groups is 2. The van der Waals surface area contributed by atoms with E-state index < -0.39 is 17.6 Å². The number of rotatable bonds is 2. The minimum absolute atomic E-state index is 0.0473. The van der Waals surface area contributed by atoms with Crippen LogP contribution in [0.3, 0.4) is 0 Å². The third kappa shape index (κ3) is 2.95. The van der Waals surface area contributed by atoms with Crippen LogP contribution in [0.5, 0.6) is 0 Å². The van der Waals surface area contributed by atoms with Crippen LogP contribution >= 0.6 is 0 Å². The van der Waals surface area contributed by atoms with E-state index in [1.54, 1.807) is 6.92 Å². The number of esters is 1. The van der Waals surface area contributed by atoms with Crippen molar-refractivity contribution in [3.05, 3.63) is 11.3 Å². The number of aliphatic hydroxyl groups excluding tert-OH is 1. The first-order valence-electron chi connectivity index (χ1n) is 6.84. The van der Waals surface area contributed by atoms with Crippen LogP contribution in [0.15, 0.2) is 11.3 Å². The maximum Gasteiger partial charge on any atom is 0.514 e. The average molecular weight is 286 g/mol. The minimum atomic E-state index is -0.935. The minimum Gasteiger partial charge on any atom is -0.512 e. The number of aliphatic hydroxyl groups is 1. The standard InChI is InChI=1S/C14H23NO5/c1-5-20-12(17)10-6-8-15(13(18)19,14(2,3)4)9-7-11(10)16/h5-9H2,1-4H3,(H-,16,17,18,19)/p+1. The number of hydrogen-bond acceptors (Lipinski definition) is 4. The largest absolute Gasteiger partial charge is 0.514 e. The lowest BCUT2D eigenvalue weighted by Crippen LogP contribution is -2.63. The van der Waals surface area contributed by atoms with Gasteiger partial charge in [0, 0.05) is 6.42 Å². The number of carboxylic acid groups (broad SMARTS) is 1. The first-order chi connectivity index (χ1) is 9.15. The van der Waals surface area contributed by atoms with Crippen LogP contribution in [-0.2, 0) is 9.53 Å². The Hall–Kier alpha value is -1.56. The van der Waals surface area contributed by atoms with Gasteiger partial charge in [0.2, 0.25) is 0 Å². The SMILES string of the molecule is CCOC(=O)C1=C(O)CC[N+](C(=O)O)(C(C)(C)C)CC1. The summed E-state index contributed by atoms with van der Waals surface area (Å²) in [5, 5.41) is 19.6. The van der Waals surface area contributed by atoms with Crippen LogP contribution in [0.4, 0.5) is 4.79 Å². The monoisotopic (exact) mass is 286 g/mol. The summed E-state index contributed by atoms with van der Waals surface area (Å²) in [5.41, 5.74) is -0.312. The van der Waals surface area contributed by atoms with E-state index in [9.17, 15) is 19.8 Å². The molecule has 6 heteroatoms. The van der Waals surface area contributed by atoms with Crippen molar-refractivity contribution in [1.29, 1.82) is 0 Å². The first kappa shape index (κ1) is 16.5. The molecule has 1 heterocycles. The summed E-state index contributed by atoms with van der Waals surface area (Å²) in [6, 6.07) is 0. The van der Waals surface area contributed by atoms with Gasteiger partial charge in [-0.05, 0) is 27.7 Å². The Kier molecular flexibility index (Phi) is 4.81. The van der Waals surface area contributed by atoms with Crippen molar-refractivity contribution in [2.45, 2.75) is 46.1 Å². The Morgan fingerprint density at radius 2 is 1.80 bits per heavy atom. The molecule has 0 radical (unpaired) electrons. The van der Waals surface area contributed by atoms with Crippen LogP contribution in [0.2, 0.25) is 0 Å². The van der Waals surface area contributed by atoms with E-state index in [1.807, 2.05) is 20.8 Å². The summed E-state index contributed by atoms with van der Waals surface area (Å²) >= 11 is 0. The molecule has 2 N–H and O–H groups in total. The quantitative estimate of drug-likeness (QED) is 0.601. The molecule has 1 amide bonds. The number of quaternary nitrogens is 1. The molecule has 0 aliphatic carbocycles. The van der Waals surface area contributed by atoms with Crippen molar-refractivity contribution in [2.24, 2.45) is 0 Å². The fraction of sp³-hybridized carbons (Fsp3) is 0.714. The van der Waals surface area contributed by atoms with Gasteiger partial charge in [0.05, 0.1) is 31.7 Å². The third-order valence-electron chi connectivity index (χ3n) is 3.99. The van der Waals surface area contributed by atoms with E-state index >= 15 is 0 Å². The van der Waals surface area contributed by atoms with Gasteiger partial charge in [-0.2, -0.15) is 4.79 Å². The highest BCUT2D eigenvalue weighted by atomic mass is 16.5. The predicted octanol–water partition coefficient (Wildman–Crippen LogP) is 2.45. The Balaban J connectivity index is 3.06. The maximum atomic E-state index is 11.8. The summed E-state index contributed by atoms with van der Waals surface area (Å²) in [6.07, 6.45) is -0.568. The molecule has 0 fully saturated rings. The average Bonchev–Trinajstić information content (AvgIpc) is 2.48. The van der Waals surface area contributed by atoms with Crippen molar-refractivity contribution in [1.82, 2.24) is 0 Å². The highest BCUT2D eigenvalue weighted by Crippen LogP contribution is 2.32. The summed E-state index contributed by atoms with van der Waals surface area (Å²) < 4.78 is 4.73. The zero-order valence-corrected chi connectivity index (χ0v) is 12.6. The molecule has 6 nitrogen and oxygen atoms in total. The predicted molar refractivity (Wildman–Crippen MR) is 73.3 cm³/mol. The van der Waals surface area contributed by atoms with E-state index in [0.29, 0.717) is 0 Å². The smallest absolute Gasteiger partial charge is 0.512 e. The van der Waals surface area contributed by atoms with Gasteiger partial charge >= 0.3 is 12.1 Å². The first-order valence-corrected chi connectivity index (χ1v) is 6.84. The topological polar surface area (TPSA) is 83.8 Å². The van der Waals surface area contributed by atoms with Gasteiger partial charge < -0.3 is 14.9 Å². The number of ether oxygens (including phenoxy) is 1. The highest BCUT2D eigenvalue weighted by Gasteiger charge is 2.49. The summed E-state index contributed by atoms with van der Waals surface area (Å²) in [7, 11) is 0. The van der Waals surface area contributed by atoms with Crippen LogP contribution in [0.1, 0.15) is 40.5 Å². The van der Waals surface area contributed by atoms with Gasteiger partial charge in [-0.3, -0.25) is 0 Å². The molecule has 20 heavy (non-hydrogen) atoms. The maximum absolute atomic E-state index is 11.8. The van der Waals surface area contributed by atoms with Gasteiger partial charge in [-0.25, -0.2) is 9.28 Å². The Morgan fingerprint density at radius 3 is 2.25 bits per heavy atom. The zero-order valence-electron chi connectivity index (χ0n) is 12.6. The number of nitrogens with zero attached hydrogens (tertiary/aromatic N) is 1. The molecule has 0 aromatic carbocycles. The molecule has 0 saturated heterocycles. The van der Waals surface area contributed by atoms with E-state index in [2.05, 4.69) is 0 Å². The summed E-state index contributed by atoms with van der Waals surface area (Å²) in [6.45, 7) is 8.01. The van der Waals surface area contributed by atoms with Crippen molar-refractivity contribution in [3.63, 3.8) is 0 Å². The number of carbonyl (C=O) groups excluding carboxylic acids is 1. The molecule has 1 unspecified atom stereocenters. The zero-order chi connectivity index (χ0) is 15.6. The van der Waals surface area contributed by atoms with E-state index in [0.717, 1.165) is 0 Å². The fourth-order valence-corrected chi connectivity index (χ4v) is 2.59. The van der Waals surface area contributed by atoms with E-state index in [4.69, 9.17) is 4.74 Å². The number of amides is 1. The molecule has 1 rings (SSSR count).